The molecule has 8 nitrogen and oxygen atoms in total. The first-order valence-electron chi connectivity index (χ1n) is 8.34. The van der Waals surface area contributed by atoms with Gasteiger partial charge >= 0.3 is 5.97 Å². The minimum Gasteiger partial charge on any atom is -0.497 e. The maximum Gasteiger partial charge on any atom is 0.308 e. The summed E-state index contributed by atoms with van der Waals surface area (Å²) in [6.45, 7) is 1.77. The number of methoxy groups -OCH3 is 1. The van der Waals surface area contributed by atoms with E-state index in [2.05, 4.69) is 10.1 Å². The first-order valence-corrected chi connectivity index (χ1v) is 8.34. The molecule has 1 atom stereocenters. The SMILES string of the molecule is COc1ccc(-c2noc(CCCC(=O)N(C)CC(C)C(=O)O)n2)cc1. The predicted octanol–water partition coefficient (Wildman–Crippen LogP) is 2.25. The summed E-state index contributed by atoms with van der Waals surface area (Å²) in [4.78, 5) is 28.6. The largest absolute Gasteiger partial charge is 0.497 e. The molecule has 1 amide bonds. The Labute approximate surface area is 151 Å². The van der Waals surface area contributed by atoms with Crippen molar-refractivity contribution in [3.63, 3.8) is 0 Å². The van der Waals surface area contributed by atoms with Crippen LogP contribution < -0.4 is 4.74 Å². The molecule has 0 aliphatic rings. The van der Waals surface area contributed by atoms with Gasteiger partial charge in [0.1, 0.15) is 5.75 Å². The third-order valence-corrected chi connectivity index (χ3v) is 3.99. The van der Waals surface area contributed by atoms with E-state index in [0.29, 0.717) is 31.0 Å². The van der Waals surface area contributed by atoms with Crippen molar-refractivity contribution in [1.29, 1.82) is 0 Å². The highest BCUT2D eigenvalue weighted by molar-refractivity contribution is 5.77. The average molecular weight is 361 g/mol. The van der Waals surface area contributed by atoms with Crippen LogP contribution in [0, 0.1) is 5.92 Å². The molecule has 0 spiro atoms. The maximum atomic E-state index is 12.0. The number of aromatic nitrogens is 2. The van der Waals surface area contributed by atoms with Gasteiger partial charge in [0.25, 0.3) is 0 Å². The van der Waals surface area contributed by atoms with E-state index in [1.807, 2.05) is 24.3 Å². The van der Waals surface area contributed by atoms with Crippen molar-refractivity contribution in [3.05, 3.63) is 30.2 Å². The minimum atomic E-state index is -0.915. The number of nitrogens with zero attached hydrogens (tertiary/aromatic N) is 3. The monoisotopic (exact) mass is 361 g/mol. The molecule has 0 saturated heterocycles. The van der Waals surface area contributed by atoms with Gasteiger partial charge in [-0.25, -0.2) is 0 Å². The van der Waals surface area contributed by atoms with Gasteiger partial charge in [0.2, 0.25) is 17.6 Å². The smallest absolute Gasteiger partial charge is 0.308 e. The van der Waals surface area contributed by atoms with Crippen LogP contribution in [0.4, 0.5) is 0 Å². The second kappa shape index (κ2) is 8.98. The number of benzene rings is 1. The molecule has 0 fully saturated rings. The lowest BCUT2D eigenvalue weighted by Crippen LogP contribution is -2.33. The average Bonchev–Trinajstić information content (AvgIpc) is 3.10. The van der Waals surface area contributed by atoms with E-state index in [1.165, 1.54) is 4.90 Å². The third-order valence-electron chi connectivity index (χ3n) is 3.99. The van der Waals surface area contributed by atoms with Crippen molar-refractivity contribution in [2.24, 2.45) is 5.92 Å². The van der Waals surface area contributed by atoms with Gasteiger partial charge in [-0.15, -0.1) is 0 Å². The molecule has 140 valence electrons. The highest BCUT2D eigenvalue weighted by Crippen LogP contribution is 2.20. The van der Waals surface area contributed by atoms with Gasteiger partial charge in [-0.3, -0.25) is 9.59 Å². The minimum absolute atomic E-state index is 0.104. The summed E-state index contributed by atoms with van der Waals surface area (Å²) in [7, 11) is 3.21. The molecule has 1 aromatic carbocycles. The number of carboxylic acid groups (broad SMARTS) is 1. The van der Waals surface area contributed by atoms with Gasteiger partial charge in [-0.05, 0) is 30.7 Å². The summed E-state index contributed by atoms with van der Waals surface area (Å²) >= 11 is 0. The van der Waals surface area contributed by atoms with Gasteiger partial charge in [0.15, 0.2) is 0 Å². The molecule has 26 heavy (non-hydrogen) atoms. The third kappa shape index (κ3) is 5.30. The number of hydrogen-bond donors (Lipinski definition) is 1. The Kier molecular flexibility index (Phi) is 6.71. The van der Waals surface area contributed by atoms with Gasteiger partial charge < -0.3 is 19.3 Å². The zero-order valence-electron chi connectivity index (χ0n) is 15.1. The molecule has 0 aliphatic heterocycles. The molecule has 0 aliphatic carbocycles. The Balaban J connectivity index is 1.82. The van der Waals surface area contributed by atoms with Crippen molar-refractivity contribution >= 4 is 11.9 Å². The molecule has 0 radical (unpaired) electrons. The number of carbonyl (C=O) groups is 2. The van der Waals surface area contributed by atoms with Crippen molar-refractivity contribution < 1.29 is 24.0 Å². The summed E-state index contributed by atoms with van der Waals surface area (Å²) in [5.74, 6) is 0.0883. The summed E-state index contributed by atoms with van der Waals surface area (Å²) in [5, 5.41) is 12.8. The van der Waals surface area contributed by atoms with Crippen LogP contribution in [-0.2, 0) is 16.0 Å². The van der Waals surface area contributed by atoms with E-state index in [1.54, 1.807) is 21.1 Å². The van der Waals surface area contributed by atoms with Gasteiger partial charge in [0, 0.05) is 32.0 Å². The van der Waals surface area contributed by atoms with Gasteiger partial charge in [0.05, 0.1) is 13.0 Å². The van der Waals surface area contributed by atoms with E-state index < -0.39 is 11.9 Å². The standard InChI is InChI=1S/C18H23N3O5/c1-12(18(23)24)11-21(2)16(22)6-4-5-15-19-17(20-26-15)13-7-9-14(25-3)10-8-13/h7-10,12H,4-6,11H2,1-3H3,(H,23,24). The number of rotatable bonds is 9. The topological polar surface area (TPSA) is 106 Å². The van der Waals surface area contributed by atoms with Crippen LogP contribution in [0.2, 0.25) is 0 Å². The molecule has 1 N–H and O–H groups in total. The molecule has 2 rings (SSSR count). The predicted molar refractivity (Wildman–Crippen MR) is 93.7 cm³/mol. The fourth-order valence-electron chi connectivity index (χ4n) is 2.39. The number of amides is 1. The van der Waals surface area contributed by atoms with E-state index in [-0.39, 0.29) is 12.5 Å². The number of carbonyl (C=O) groups excluding carboxylic acids is 1. The number of aryl methyl sites for hydroxylation is 1. The number of carboxylic acids is 1. The van der Waals surface area contributed by atoms with Crippen molar-refractivity contribution in [2.75, 3.05) is 20.7 Å². The second-order valence-corrected chi connectivity index (χ2v) is 6.11. The number of hydrogen-bond acceptors (Lipinski definition) is 6. The zero-order chi connectivity index (χ0) is 19.1. The van der Waals surface area contributed by atoms with Gasteiger partial charge in [-0.2, -0.15) is 4.98 Å². The van der Waals surface area contributed by atoms with Crippen LogP contribution in [0.1, 0.15) is 25.7 Å². The molecule has 2 aromatic rings. The van der Waals surface area contributed by atoms with Crippen molar-refractivity contribution in [2.45, 2.75) is 26.2 Å². The summed E-state index contributed by atoms with van der Waals surface area (Å²) in [6, 6.07) is 7.32. The zero-order valence-corrected chi connectivity index (χ0v) is 15.1. The van der Waals surface area contributed by atoms with Gasteiger partial charge in [-0.1, -0.05) is 12.1 Å². The normalized spacial score (nSPS) is 11.8. The molecule has 0 saturated carbocycles. The Morgan fingerprint density at radius 3 is 2.62 bits per heavy atom. The van der Waals surface area contributed by atoms with Crippen molar-refractivity contribution in [1.82, 2.24) is 15.0 Å². The molecule has 1 aromatic heterocycles. The highest BCUT2D eigenvalue weighted by Gasteiger charge is 2.17. The summed E-state index contributed by atoms with van der Waals surface area (Å²) in [6.07, 6.45) is 1.33. The van der Waals surface area contributed by atoms with Crippen LogP contribution in [0.5, 0.6) is 5.75 Å². The van der Waals surface area contributed by atoms with Crippen LogP contribution in [-0.4, -0.2) is 52.7 Å². The second-order valence-electron chi connectivity index (χ2n) is 6.11. The fourth-order valence-corrected chi connectivity index (χ4v) is 2.39. The van der Waals surface area contributed by atoms with Crippen LogP contribution >= 0.6 is 0 Å². The Hall–Kier alpha value is -2.90. The summed E-state index contributed by atoms with van der Waals surface area (Å²) in [5.41, 5.74) is 0.819. The first kappa shape index (κ1) is 19.4. The van der Waals surface area contributed by atoms with Crippen molar-refractivity contribution in [3.8, 4) is 17.1 Å². The van der Waals surface area contributed by atoms with Crippen LogP contribution in [0.25, 0.3) is 11.4 Å². The number of ether oxygens (including phenoxy) is 1. The molecular weight excluding hydrogens is 338 g/mol. The van der Waals surface area contributed by atoms with Crippen LogP contribution in [0.3, 0.4) is 0 Å². The van der Waals surface area contributed by atoms with E-state index >= 15 is 0 Å². The molecule has 1 unspecified atom stereocenters. The number of aliphatic carboxylic acids is 1. The molecule has 0 bridgehead atoms. The summed E-state index contributed by atoms with van der Waals surface area (Å²) < 4.78 is 10.3. The molecule has 1 heterocycles. The highest BCUT2D eigenvalue weighted by atomic mass is 16.5. The Morgan fingerprint density at radius 1 is 1.31 bits per heavy atom. The Morgan fingerprint density at radius 2 is 2.00 bits per heavy atom. The quantitative estimate of drug-likeness (QED) is 0.730. The Bertz CT molecular complexity index is 742. The van der Waals surface area contributed by atoms with E-state index in [0.717, 1.165) is 11.3 Å². The van der Waals surface area contributed by atoms with E-state index in [4.69, 9.17) is 14.4 Å². The lowest BCUT2D eigenvalue weighted by Gasteiger charge is -2.19. The molecule has 8 heteroatoms. The molecular formula is C18H23N3O5. The van der Waals surface area contributed by atoms with E-state index in [9.17, 15) is 9.59 Å². The first-order chi connectivity index (χ1) is 12.4. The van der Waals surface area contributed by atoms with Crippen LogP contribution in [0.15, 0.2) is 28.8 Å². The lowest BCUT2D eigenvalue weighted by molar-refractivity contribution is -0.142. The lowest BCUT2D eigenvalue weighted by atomic mass is 10.1. The maximum absolute atomic E-state index is 12.0. The fraction of sp³-hybridized carbons (Fsp3) is 0.444.